The minimum atomic E-state index is -0.244. The second-order valence-corrected chi connectivity index (χ2v) is 6.20. The van der Waals surface area contributed by atoms with Crippen molar-refractivity contribution in [3.63, 3.8) is 0 Å². The molecule has 0 N–H and O–H groups in total. The number of carbonyl (C=O) groups is 1. The van der Waals surface area contributed by atoms with Crippen LogP contribution in [0.25, 0.3) is 10.9 Å². The molecular weight excluding hydrogens is 373 g/mol. The van der Waals surface area contributed by atoms with Crippen molar-refractivity contribution < 1.29 is 9.53 Å². The maximum Gasteiger partial charge on any atom is 0.356 e. The van der Waals surface area contributed by atoms with Gasteiger partial charge in [-0.05, 0) is 24.5 Å². The lowest BCUT2D eigenvalue weighted by Crippen LogP contribution is -2.11. The van der Waals surface area contributed by atoms with E-state index in [1.807, 2.05) is 29.1 Å². The maximum atomic E-state index is 12.3. The first kappa shape index (κ1) is 14.7. The molecule has 0 radical (unpaired) electrons. The van der Waals surface area contributed by atoms with E-state index in [0.717, 1.165) is 16.5 Å². The van der Waals surface area contributed by atoms with Gasteiger partial charge >= 0.3 is 5.97 Å². The predicted molar refractivity (Wildman–Crippen MR) is 89.0 cm³/mol. The molecule has 1 aromatic heterocycles. The molecule has 0 bridgehead atoms. The smallest absolute Gasteiger partial charge is 0.356 e. The van der Waals surface area contributed by atoms with Crippen molar-refractivity contribution in [1.29, 1.82) is 0 Å². The van der Waals surface area contributed by atoms with E-state index in [1.165, 1.54) is 9.12 Å². The van der Waals surface area contributed by atoms with Crippen molar-refractivity contribution >= 4 is 47.2 Å². The van der Waals surface area contributed by atoms with Crippen molar-refractivity contribution in [1.82, 2.24) is 3.97 Å². The lowest BCUT2D eigenvalue weighted by atomic mass is 9.99. The molecular formula is C14H16INO2S. The summed E-state index contributed by atoms with van der Waals surface area (Å²) in [6.07, 6.45) is 0. The van der Waals surface area contributed by atoms with E-state index >= 15 is 0 Å². The summed E-state index contributed by atoms with van der Waals surface area (Å²) in [6, 6.07) is 8.10. The molecule has 0 unspecified atom stereocenters. The fraction of sp³-hybridized carbons (Fsp3) is 0.357. The molecule has 2 rings (SSSR count). The van der Waals surface area contributed by atoms with Gasteiger partial charge in [0, 0.05) is 35.7 Å². The highest BCUT2D eigenvalue weighted by atomic mass is 127. The second kappa shape index (κ2) is 6.17. The molecule has 0 aliphatic carbocycles. The Morgan fingerprint density at radius 3 is 2.68 bits per heavy atom. The Balaban J connectivity index is 2.78. The molecule has 0 spiro atoms. The monoisotopic (exact) mass is 389 g/mol. The van der Waals surface area contributed by atoms with Gasteiger partial charge in [0.25, 0.3) is 0 Å². The number of ether oxygens (including phenoxy) is 1. The zero-order valence-corrected chi connectivity index (χ0v) is 14.1. The van der Waals surface area contributed by atoms with Crippen LogP contribution in [0, 0.1) is 0 Å². The Morgan fingerprint density at radius 1 is 1.42 bits per heavy atom. The van der Waals surface area contributed by atoms with Crippen molar-refractivity contribution in [2.75, 3.05) is 6.61 Å². The molecule has 0 fully saturated rings. The Bertz CT molecular complexity index is 607. The van der Waals surface area contributed by atoms with Crippen molar-refractivity contribution in [3.05, 3.63) is 35.5 Å². The van der Waals surface area contributed by atoms with Gasteiger partial charge in [0.15, 0.2) is 0 Å². The largest absolute Gasteiger partial charge is 0.461 e. The van der Waals surface area contributed by atoms with Crippen LogP contribution in [0.4, 0.5) is 0 Å². The maximum absolute atomic E-state index is 12.3. The van der Waals surface area contributed by atoms with E-state index in [4.69, 9.17) is 4.74 Å². The number of rotatable bonds is 4. The van der Waals surface area contributed by atoms with E-state index in [0.29, 0.717) is 12.3 Å². The quantitative estimate of drug-likeness (QED) is 0.557. The normalized spacial score (nSPS) is 11.2. The third kappa shape index (κ3) is 2.63. The number of fused-ring (bicyclic) bond motifs is 1. The molecule has 1 aromatic carbocycles. The van der Waals surface area contributed by atoms with Gasteiger partial charge in [-0.15, -0.1) is 0 Å². The van der Waals surface area contributed by atoms with Crippen molar-refractivity contribution in [2.45, 2.75) is 26.7 Å². The highest BCUT2D eigenvalue weighted by Crippen LogP contribution is 2.36. The fourth-order valence-electron chi connectivity index (χ4n) is 2.28. The molecule has 19 heavy (non-hydrogen) atoms. The number of hydrogen-bond donors (Lipinski definition) is 0. The van der Waals surface area contributed by atoms with Crippen LogP contribution in [-0.4, -0.2) is 16.5 Å². The average Bonchev–Trinajstić information content (AvgIpc) is 2.73. The number of halogens is 1. The van der Waals surface area contributed by atoms with E-state index < -0.39 is 0 Å². The van der Waals surface area contributed by atoms with Gasteiger partial charge in [0.2, 0.25) is 0 Å². The standard InChI is InChI=1S/C14H16INO2S/c1-4-18-14(17)13-12(9(2)3)10-7-5-6-8-11(10)16(13)19-15/h5-9H,4H2,1-3H3. The number of benzene rings is 1. The molecule has 0 aliphatic heterocycles. The first-order valence-corrected chi connectivity index (χ1v) is 9.52. The van der Waals surface area contributed by atoms with Gasteiger partial charge in [-0.1, -0.05) is 32.0 Å². The Kier molecular flexibility index (Phi) is 4.78. The molecule has 0 aliphatic rings. The van der Waals surface area contributed by atoms with Gasteiger partial charge < -0.3 is 4.74 Å². The van der Waals surface area contributed by atoms with Crippen molar-refractivity contribution in [3.8, 4) is 0 Å². The Hall–Kier alpha value is -0.690. The minimum Gasteiger partial charge on any atom is -0.461 e. The summed E-state index contributed by atoms with van der Waals surface area (Å²) >= 11 is 2.20. The lowest BCUT2D eigenvalue weighted by Gasteiger charge is -2.09. The van der Waals surface area contributed by atoms with Gasteiger partial charge in [-0.3, -0.25) is 3.97 Å². The van der Waals surface area contributed by atoms with Crippen LogP contribution in [-0.2, 0) is 4.74 Å². The summed E-state index contributed by atoms with van der Waals surface area (Å²) in [6.45, 7) is 6.43. The number of aromatic nitrogens is 1. The number of nitrogens with zero attached hydrogens (tertiary/aromatic N) is 1. The summed E-state index contributed by atoms with van der Waals surface area (Å²) in [4.78, 5) is 12.3. The number of carbonyl (C=O) groups excluding carboxylic acids is 1. The topological polar surface area (TPSA) is 31.2 Å². The molecule has 0 atom stereocenters. The molecule has 5 heteroatoms. The fourth-order valence-corrected chi connectivity index (χ4v) is 3.99. The average molecular weight is 389 g/mol. The van der Waals surface area contributed by atoms with E-state index in [2.05, 4.69) is 41.1 Å². The summed E-state index contributed by atoms with van der Waals surface area (Å²) in [5.41, 5.74) is 2.80. The number of para-hydroxylation sites is 1. The van der Waals surface area contributed by atoms with Crippen LogP contribution >= 0.6 is 30.3 Å². The van der Waals surface area contributed by atoms with E-state index in [9.17, 15) is 4.79 Å². The van der Waals surface area contributed by atoms with Crippen LogP contribution in [0.3, 0.4) is 0 Å². The zero-order valence-electron chi connectivity index (χ0n) is 11.1. The zero-order chi connectivity index (χ0) is 14.0. The van der Waals surface area contributed by atoms with E-state index in [-0.39, 0.29) is 11.9 Å². The highest BCUT2D eigenvalue weighted by molar-refractivity contribution is 14.2. The van der Waals surface area contributed by atoms with Gasteiger partial charge in [0.05, 0.1) is 12.1 Å². The van der Waals surface area contributed by atoms with Crippen LogP contribution in [0.5, 0.6) is 0 Å². The van der Waals surface area contributed by atoms with Crippen LogP contribution in [0.2, 0.25) is 0 Å². The molecule has 1 heterocycles. The minimum absolute atomic E-state index is 0.244. The van der Waals surface area contributed by atoms with Crippen LogP contribution in [0.15, 0.2) is 24.3 Å². The molecule has 2 aromatic rings. The summed E-state index contributed by atoms with van der Waals surface area (Å²) < 4.78 is 7.18. The summed E-state index contributed by atoms with van der Waals surface area (Å²) in [5.74, 6) is 0.0284. The second-order valence-electron chi connectivity index (χ2n) is 4.52. The molecule has 0 saturated carbocycles. The van der Waals surface area contributed by atoms with Crippen LogP contribution in [0.1, 0.15) is 42.7 Å². The molecule has 3 nitrogen and oxygen atoms in total. The molecule has 0 amide bonds. The molecule has 0 saturated heterocycles. The highest BCUT2D eigenvalue weighted by Gasteiger charge is 2.25. The van der Waals surface area contributed by atoms with E-state index in [1.54, 1.807) is 0 Å². The number of esters is 1. The van der Waals surface area contributed by atoms with Gasteiger partial charge in [-0.25, -0.2) is 4.79 Å². The first-order valence-electron chi connectivity index (χ1n) is 6.21. The van der Waals surface area contributed by atoms with Crippen molar-refractivity contribution in [2.24, 2.45) is 0 Å². The summed E-state index contributed by atoms with van der Waals surface area (Å²) in [5, 5.41) is 1.13. The first-order chi connectivity index (χ1) is 9.11. The summed E-state index contributed by atoms with van der Waals surface area (Å²) in [7, 11) is 1.50. The Morgan fingerprint density at radius 2 is 2.11 bits per heavy atom. The third-order valence-electron chi connectivity index (χ3n) is 2.99. The molecule has 102 valence electrons. The van der Waals surface area contributed by atoms with Gasteiger partial charge in [-0.2, -0.15) is 0 Å². The van der Waals surface area contributed by atoms with Crippen LogP contribution < -0.4 is 0 Å². The SMILES string of the molecule is CCOC(=O)c1c(C(C)C)c2ccccc2n1SI. The lowest BCUT2D eigenvalue weighted by molar-refractivity contribution is 0.0517. The number of hydrogen-bond acceptors (Lipinski definition) is 3. The Labute approximate surface area is 129 Å². The third-order valence-corrected chi connectivity index (χ3v) is 4.69. The predicted octanol–water partition coefficient (Wildman–Crippen LogP) is 4.79. The van der Waals surface area contributed by atoms with Gasteiger partial charge in [0.1, 0.15) is 5.69 Å².